The number of ether oxygens (including phenoxy) is 1. The zero-order chi connectivity index (χ0) is 20.9. The highest BCUT2D eigenvalue weighted by Gasteiger charge is 2.50. The molecule has 0 atom stereocenters. The van der Waals surface area contributed by atoms with Crippen LogP contribution in [0.3, 0.4) is 0 Å². The third kappa shape index (κ3) is 3.26. The smallest absolute Gasteiger partial charge is 0.335 e. The fraction of sp³-hybridized carbons (Fsp3) is 0.522. The van der Waals surface area contributed by atoms with Crippen LogP contribution in [0.25, 0.3) is 5.69 Å². The van der Waals surface area contributed by atoms with Crippen LogP contribution >= 0.6 is 0 Å². The van der Waals surface area contributed by atoms with E-state index < -0.39 is 11.2 Å². The predicted octanol–water partition coefficient (Wildman–Crippen LogP) is 3.02. The van der Waals surface area contributed by atoms with Crippen molar-refractivity contribution in [2.24, 2.45) is 22.7 Å². The van der Waals surface area contributed by atoms with Crippen molar-refractivity contribution < 1.29 is 9.84 Å². The Morgan fingerprint density at radius 2 is 1.73 bits per heavy atom. The maximum Gasteiger partial charge on any atom is 0.335 e. The molecule has 4 saturated carbocycles. The van der Waals surface area contributed by atoms with E-state index in [-0.39, 0.29) is 17.0 Å². The molecule has 4 aliphatic rings. The Hall–Kier alpha value is -2.83. The minimum Gasteiger partial charge on any atom is -0.494 e. The molecule has 7 nitrogen and oxygen atoms in total. The van der Waals surface area contributed by atoms with Gasteiger partial charge in [-0.05, 0) is 87.5 Å². The van der Waals surface area contributed by atoms with Crippen LogP contribution in [0.2, 0.25) is 0 Å². The van der Waals surface area contributed by atoms with Crippen molar-refractivity contribution in [2.45, 2.75) is 51.0 Å². The molecule has 2 N–H and O–H groups in total. The van der Waals surface area contributed by atoms with Crippen LogP contribution in [-0.2, 0) is 0 Å². The number of nitrogens with one attached hydrogen (secondary N) is 1. The Morgan fingerprint density at radius 3 is 2.30 bits per heavy atom. The Balaban J connectivity index is 1.50. The first kappa shape index (κ1) is 19.2. The largest absolute Gasteiger partial charge is 0.494 e. The van der Waals surface area contributed by atoms with Gasteiger partial charge in [0.05, 0.1) is 17.8 Å². The number of aromatic amines is 1. The molecule has 0 amide bonds. The summed E-state index contributed by atoms with van der Waals surface area (Å²) in [6.07, 6.45) is 8.60. The van der Waals surface area contributed by atoms with Gasteiger partial charge in [0.25, 0.3) is 5.56 Å². The first-order chi connectivity index (χ1) is 14.5. The van der Waals surface area contributed by atoms with E-state index >= 15 is 0 Å². The highest BCUT2D eigenvalue weighted by molar-refractivity contribution is 5.82. The van der Waals surface area contributed by atoms with E-state index in [1.54, 1.807) is 24.3 Å². The van der Waals surface area contributed by atoms with Crippen molar-refractivity contribution in [3.8, 4) is 17.3 Å². The maximum atomic E-state index is 12.5. The summed E-state index contributed by atoms with van der Waals surface area (Å²) >= 11 is 0. The first-order valence-corrected chi connectivity index (χ1v) is 10.8. The van der Waals surface area contributed by atoms with Gasteiger partial charge in [-0.3, -0.25) is 14.8 Å². The molecular weight excluding hydrogens is 382 g/mol. The van der Waals surface area contributed by atoms with Gasteiger partial charge in [-0.15, -0.1) is 0 Å². The molecular formula is C23H27N3O4. The van der Waals surface area contributed by atoms with Crippen LogP contribution in [0, 0.1) is 17.8 Å². The van der Waals surface area contributed by atoms with E-state index in [1.807, 2.05) is 6.92 Å². The lowest BCUT2D eigenvalue weighted by atomic mass is 9.53. The summed E-state index contributed by atoms with van der Waals surface area (Å²) in [5.41, 5.74) is -0.948. The minimum absolute atomic E-state index is 0.0271. The number of hydrogen-bond donors (Lipinski definition) is 2. The summed E-state index contributed by atoms with van der Waals surface area (Å²) in [5.74, 6) is 2.48. The highest BCUT2D eigenvalue weighted by Crippen LogP contribution is 2.57. The molecule has 4 bridgehead atoms. The molecule has 2 aromatic rings. The van der Waals surface area contributed by atoms with E-state index in [0.29, 0.717) is 18.0 Å². The average Bonchev–Trinajstić information content (AvgIpc) is 2.68. The summed E-state index contributed by atoms with van der Waals surface area (Å²) in [5, 5.41) is 10.8. The average molecular weight is 409 g/mol. The quantitative estimate of drug-likeness (QED) is 0.742. The van der Waals surface area contributed by atoms with E-state index in [4.69, 9.17) is 9.73 Å². The lowest BCUT2D eigenvalue weighted by Crippen LogP contribution is -2.49. The van der Waals surface area contributed by atoms with Crippen molar-refractivity contribution in [1.82, 2.24) is 9.55 Å². The number of aliphatic imine (C=N–C) groups is 1. The summed E-state index contributed by atoms with van der Waals surface area (Å²) in [4.78, 5) is 32.1. The third-order valence-corrected chi connectivity index (χ3v) is 7.00. The molecule has 0 saturated heterocycles. The summed E-state index contributed by atoms with van der Waals surface area (Å²) < 4.78 is 6.52. The van der Waals surface area contributed by atoms with Gasteiger partial charge in [0.2, 0.25) is 5.88 Å². The fourth-order valence-electron chi connectivity index (χ4n) is 6.18. The van der Waals surface area contributed by atoms with E-state index in [1.165, 1.54) is 25.5 Å². The van der Waals surface area contributed by atoms with Crippen LogP contribution in [0.1, 0.15) is 51.0 Å². The lowest BCUT2D eigenvalue weighted by molar-refractivity contribution is 0.00194. The first-order valence-electron chi connectivity index (χ1n) is 10.8. The standard InChI is InChI=1S/C23H27N3O4/c1-2-30-18-5-3-17(4-6-18)26-21(28)19(20(27)25-22(26)29)13-24-23-10-14-7-15(11-23)9-16(8-14)12-23/h3-6,13-16,28H,2,7-12H2,1H3,(H,25,27,29). The second kappa shape index (κ2) is 7.15. The number of aromatic nitrogens is 2. The number of benzene rings is 1. The second-order valence-electron chi connectivity index (χ2n) is 9.16. The molecule has 6 rings (SSSR count). The SMILES string of the molecule is CCOc1ccc(-n2c(O)c(C=NC34CC5CC(CC(C5)C3)C4)c(=O)[nH]c2=O)cc1. The molecule has 1 heterocycles. The van der Waals surface area contributed by atoms with Gasteiger partial charge in [0.15, 0.2) is 0 Å². The number of H-pyrrole nitrogens is 1. The van der Waals surface area contributed by atoms with Gasteiger partial charge in [0.1, 0.15) is 11.3 Å². The molecule has 0 radical (unpaired) electrons. The van der Waals surface area contributed by atoms with E-state index in [0.717, 1.165) is 41.6 Å². The zero-order valence-corrected chi connectivity index (χ0v) is 17.1. The number of aromatic hydroxyl groups is 1. The molecule has 0 aliphatic heterocycles. The van der Waals surface area contributed by atoms with Crippen LogP contribution in [0.5, 0.6) is 11.6 Å². The molecule has 4 fully saturated rings. The zero-order valence-electron chi connectivity index (χ0n) is 17.1. The Kier molecular flexibility index (Phi) is 4.56. The normalized spacial score (nSPS) is 29.6. The van der Waals surface area contributed by atoms with Crippen LogP contribution in [0.4, 0.5) is 0 Å². The van der Waals surface area contributed by atoms with Crippen molar-refractivity contribution in [1.29, 1.82) is 0 Å². The summed E-state index contributed by atoms with van der Waals surface area (Å²) in [6, 6.07) is 6.78. The molecule has 30 heavy (non-hydrogen) atoms. The van der Waals surface area contributed by atoms with Gasteiger partial charge in [0, 0.05) is 6.21 Å². The predicted molar refractivity (Wildman–Crippen MR) is 114 cm³/mol. The molecule has 158 valence electrons. The van der Waals surface area contributed by atoms with Gasteiger partial charge < -0.3 is 9.84 Å². The van der Waals surface area contributed by atoms with Gasteiger partial charge in [-0.25, -0.2) is 9.36 Å². The molecule has 7 heteroatoms. The van der Waals surface area contributed by atoms with E-state index in [9.17, 15) is 14.7 Å². The van der Waals surface area contributed by atoms with Gasteiger partial charge >= 0.3 is 5.69 Å². The Labute approximate surface area is 174 Å². The number of nitrogens with zero attached hydrogens (tertiary/aromatic N) is 2. The molecule has 0 spiro atoms. The second-order valence-corrected chi connectivity index (χ2v) is 9.16. The molecule has 1 aromatic heterocycles. The molecule has 1 aromatic carbocycles. The van der Waals surface area contributed by atoms with Crippen LogP contribution < -0.4 is 16.0 Å². The van der Waals surface area contributed by atoms with Crippen molar-refractivity contribution in [3.63, 3.8) is 0 Å². The maximum absolute atomic E-state index is 12.5. The topological polar surface area (TPSA) is 96.7 Å². The monoisotopic (exact) mass is 409 g/mol. The molecule has 4 aliphatic carbocycles. The van der Waals surface area contributed by atoms with Crippen LogP contribution in [0.15, 0.2) is 38.8 Å². The van der Waals surface area contributed by atoms with Crippen molar-refractivity contribution in [2.75, 3.05) is 6.61 Å². The third-order valence-electron chi connectivity index (χ3n) is 7.00. The minimum atomic E-state index is -0.686. The van der Waals surface area contributed by atoms with Crippen LogP contribution in [-0.4, -0.2) is 33.0 Å². The molecule has 0 unspecified atom stereocenters. The van der Waals surface area contributed by atoms with E-state index in [2.05, 4.69) is 4.98 Å². The lowest BCUT2D eigenvalue weighted by Gasteiger charge is -2.54. The van der Waals surface area contributed by atoms with Crippen molar-refractivity contribution in [3.05, 3.63) is 50.7 Å². The summed E-state index contributed by atoms with van der Waals surface area (Å²) in [7, 11) is 0. The van der Waals surface area contributed by atoms with Gasteiger partial charge in [-0.2, -0.15) is 0 Å². The highest BCUT2D eigenvalue weighted by atomic mass is 16.5. The number of hydrogen-bond acceptors (Lipinski definition) is 5. The van der Waals surface area contributed by atoms with Gasteiger partial charge in [-0.1, -0.05) is 0 Å². The van der Waals surface area contributed by atoms with Crippen molar-refractivity contribution >= 4 is 6.21 Å². The Morgan fingerprint density at radius 1 is 1.13 bits per heavy atom. The summed E-state index contributed by atoms with van der Waals surface area (Å²) in [6.45, 7) is 2.43. The Bertz CT molecular complexity index is 1060. The fourth-order valence-corrected chi connectivity index (χ4v) is 6.18. The number of rotatable bonds is 5.